The summed E-state index contributed by atoms with van der Waals surface area (Å²) in [4.78, 5) is 0. The third-order valence-corrected chi connectivity index (χ3v) is 7.55. The fraction of sp³-hybridized carbons (Fsp3) is 0.486. The number of anilines is 2. The van der Waals surface area contributed by atoms with Crippen molar-refractivity contribution in [3.8, 4) is 0 Å². The Balaban J connectivity index is 0.00000533. The zero-order valence-electron chi connectivity index (χ0n) is 27.2. The molecule has 0 saturated heterocycles. The predicted molar refractivity (Wildman–Crippen MR) is 168 cm³/mol. The third-order valence-electron chi connectivity index (χ3n) is 7.55. The molecule has 0 unspecified atom stereocenters. The second-order valence-electron chi connectivity index (χ2n) is 12.4. The zero-order chi connectivity index (χ0) is 28.3. The van der Waals surface area contributed by atoms with Gasteiger partial charge in [-0.15, -0.1) is 0 Å². The quantitative estimate of drug-likeness (QED) is 0.356. The second-order valence-corrected chi connectivity index (χ2v) is 12.4. The Kier molecular flexibility index (Phi) is 16.6. The van der Waals surface area contributed by atoms with Crippen LogP contribution in [0.4, 0.5) is 11.4 Å². The molecule has 41 heavy (non-hydrogen) atoms. The molecule has 0 radical (unpaired) electrons. The summed E-state index contributed by atoms with van der Waals surface area (Å²) >= 11 is 0. The normalized spacial score (nSPS) is 15.2. The van der Waals surface area contributed by atoms with E-state index in [0.717, 1.165) is 17.8 Å². The van der Waals surface area contributed by atoms with Crippen molar-refractivity contribution in [3.63, 3.8) is 0 Å². The van der Waals surface area contributed by atoms with E-state index in [1.54, 1.807) is 0 Å². The van der Waals surface area contributed by atoms with E-state index in [2.05, 4.69) is 135 Å². The Morgan fingerprint density at radius 2 is 0.976 bits per heavy atom. The number of halogens is 2. The van der Waals surface area contributed by atoms with Crippen molar-refractivity contribution >= 4 is 11.4 Å². The van der Waals surface area contributed by atoms with Gasteiger partial charge in [-0.2, -0.15) is 0 Å². The number of hydrogen-bond donors (Lipinski definition) is 3. The Morgan fingerprint density at radius 1 is 0.634 bits per heavy atom. The van der Waals surface area contributed by atoms with Gasteiger partial charge in [-0.05, 0) is 79.7 Å². The van der Waals surface area contributed by atoms with Crippen LogP contribution < -0.4 is 49.9 Å². The van der Waals surface area contributed by atoms with Crippen LogP contribution in [0.3, 0.4) is 0 Å². The van der Waals surface area contributed by atoms with Gasteiger partial charge >= 0.3 is 21.7 Å². The van der Waals surface area contributed by atoms with Crippen LogP contribution in [0.1, 0.15) is 133 Å². The molecule has 0 bridgehead atoms. The number of allylic oxidation sites excluding steroid dienone is 4. The van der Waals surface area contributed by atoms with Crippen LogP contribution in [0.15, 0.2) is 59.2 Å². The molecule has 0 saturated carbocycles. The molecule has 6 heteroatoms. The molecule has 1 aliphatic rings. The SMILES string of the molecule is C/C(Nc1c(C(C)C)cc(C)cc1C(C)C)=C1\CC=C/C(=C(/C)Nc2c(C(C)C)cc(C)cc2C(C)C)N1.[Br-].[Br-].[Ti+2]. The van der Waals surface area contributed by atoms with Crippen molar-refractivity contribution in [2.24, 2.45) is 0 Å². The van der Waals surface area contributed by atoms with Gasteiger partial charge in [0.1, 0.15) is 0 Å². The molecule has 224 valence electrons. The van der Waals surface area contributed by atoms with E-state index in [1.165, 1.54) is 56.1 Å². The molecule has 1 heterocycles. The molecule has 3 rings (SSSR count). The minimum Gasteiger partial charge on any atom is -1.00 e. The smallest absolute Gasteiger partial charge is 1.00 e. The Hall–Kier alpha value is -1.27. The van der Waals surface area contributed by atoms with Gasteiger partial charge in [0.15, 0.2) is 0 Å². The van der Waals surface area contributed by atoms with E-state index in [4.69, 9.17) is 0 Å². The van der Waals surface area contributed by atoms with E-state index in [9.17, 15) is 0 Å². The van der Waals surface area contributed by atoms with Gasteiger partial charge in [-0.25, -0.2) is 0 Å². The molecule has 0 aliphatic carbocycles. The number of benzene rings is 2. The molecule has 0 fully saturated rings. The van der Waals surface area contributed by atoms with Crippen molar-refractivity contribution in [1.82, 2.24) is 5.32 Å². The van der Waals surface area contributed by atoms with Crippen LogP contribution in [-0.2, 0) is 21.7 Å². The first-order chi connectivity index (χ1) is 17.8. The molecule has 0 spiro atoms. The maximum absolute atomic E-state index is 3.84. The van der Waals surface area contributed by atoms with Gasteiger partial charge < -0.3 is 49.9 Å². The maximum Gasteiger partial charge on any atom is 2.00 e. The number of nitrogens with one attached hydrogen (secondary N) is 3. The summed E-state index contributed by atoms with van der Waals surface area (Å²) in [7, 11) is 0. The van der Waals surface area contributed by atoms with Crippen LogP contribution in [0.5, 0.6) is 0 Å². The zero-order valence-corrected chi connectivity index (χ0v) is 32.0. The summed E-state index contributed by atoms with van der Waals surface area (Å²) in [6.45, 7) is 27.0. The van der Waals surface area contributed by atoms with Crippen LogP contribution in [0.25, 0.3) is 0 Å². The predicted octanol–water partition coefficient (Wildman–Crippen LogP) is 4.34. The molecule has 0 amide bonds. The van der Waals surface area contributed by atoms with E-state index in [1.807, 2.05) is 0 Å². The van der Waals surface area contributed by atoms with Crippen LogP contribution in [-0.4, -0.2) is 0 Å². The summed E-state index contributed by atoms with van der Waals surface area (Å²) in [6.07, 6.45) is 5.36. The van der Waals surface area contributed by atoms with Gasteiger partial charge in [0.2, 0.25) is 0 Å². The monoisotopic (exact) mass is 719 g/mol. The standard InChI is InChI=1S/C35H51N3.2BrH.Ti/c1-20(2)28-16-24(9)17-29(21(3)4)34(28)36-26(11)32-14-13-15-33(38-32)27(12)37-35-30(22(5)6)18-25(10)19-31(35)23(7)8;;;/h13-14,16-23,36-38H,15H2,1-12H3;2*1H;/q;;;+2/p-2/b32-26+,33-27-;;;. The molecule has 3 N–H and O–H groups in total. The Bertz CT molecular complexity index is 1210. The molecule has 2 aromatic carbocycles. The second kappa shape index (κ2) is 17.1. The van der Waals surface area contributed by atoms with Gasteiger partial charge in [-0.3, -0.25) is 0 Å². The van der Waals surface area contributed by atoms with Crippen LogP contribution in [0, 0.1) is 13.8 Å². The minimum absolute atomic E-state index is 0. The fourth-order valence-corrected chi connectivity index (χ4v) is 5.33. The first-order valence-corrected chi connectivity index (χ1v) is 14.5. The number of hydrogen-bond acceptors (Lipinski definition) is 3. The summed E-state index contributed by atoms with van der Waals surface area (Å²) < 4.78 is 0. The molecule has 0 atom stereocenters. The van der Waals surface area contributed by atoms with E-state index >= 15 is 0 Å². The van der Waals surface area contributed by atoms with E-state index in [0.29, 0.717) is 23.7 Å². The average molecular weight is 721 g/mol. The molecule has 2 aromatic rings. The van der Waals surface area contributed by atoms with E-state index < -0.39 is 0 Å². The third kappa shape index (κ3) is 9.88. The van der Waals surface area contributed by atoms with Gasteiger partial charge in [0.05, 0.1) is 5.70 Å². The van der Waals surface area contributed by atoms with Crippen molar-refractivity contribution in [2.45, 2.75) is 113 Å². The van der Waals surface area contributed by atoms with Crippen molar-refractivity contribution in [2.75, 3.05) is 10.6 Å². The molecule has 3 nitrogen and oxygen atoms in total. The molecular weight excluding hydrogens is 670 g/mol. The average Bonchev–Trinajstić information content (AvgIpc) is 2.84. The number of aryl methyl sites for hydroxylation is 2. The fourth-order valence-electron chi connectivity index (χ4n) is 5.33. The van der Waals surface area contributed by atoms with Crippen molar-refractivity contribution in [1.29, 1.82) is 0 Å². The van der Waals surface area contributed by atoms with Crippen molar-refractivity contribution in [3.05, 3.63) is 92.6 Å². The van der Waals surface area contributed by atoms with E-state index in [-0.39, 0.29) is 55.7 Å². The summed E-state index contributed by atoms with van der Waals surface area (Å²) in [5.74, 6) is 1.80. The minimum atomic E-state index is 0. The van der Waals surface area contributed by atoms with Gasteiger partial charge in [-0.1, -0.05) is 96.9 Å². The first kappa shape index (κ1) is 39.7. The van der Waals surface area contributed by atoms with Crippen LogP contribution >= 0.6 is 0 Å². The Labute approximate surface area is 286 Å². The largest absolute Gasteiger partial charge is 2.00 e. The summed E-state index contributed by atoms with van der Waals surface area (Å²) in [5, 5.41) is 11.4. The molecule has 0 aromatic heterocycles. The maximum atomic E-state index is 3.84. The summed E-state index contributed by atoms with van der Waals surface area (Å²) in [6, 6.07) is 9.34. The summed E-state index contributed by atoms with van der Waals surface area (Å²) in [5.41, 5.74) is 15.4. The van der Waals surface area contributed by atoms with Gasteiger partial charge in [0.25, 0.3) is 0 Å². The first-order valence-electron chi connectivity index (χ1n) is 14.5. The molecule has 1 aliphatic heterocycles. The number of rotatable bonds is 8. The molecular formula is C35H51Br2N3Ti. The van der Waals surface area contributed by atoms with Crippen LogP contribution in [0.2, 0.25) is 0 Å². The van der Waals surface area contributed by atoms with Gasteiger partial charge in [0, 0.05) is 34.9 Å². The topological polar surface area (TPSA) is 36.1 Å². The van der Waals surface area contributed by atoms with Crippen molar-refractivity contribution < 1.29 is 55.7 Å². The Morgan fingerprint density at radius 3 is 1.32 bits per heavy atom.